The van der Waals surface area contributed by atoms with Gasteiger partial charge in [0.05, 0.1) is 6.42 Å². The molecule has 6 nitrogen and oxygen atoms in total. The van der Waals surface area contributed by atoms with Crippen LogP contribution in [0.5, 0.6) is 0 Å². The summed E-state index contributed by atoms with van der Waals surface area (Å²) >= 11 is 0. The molecule has 0 aliphatic rings. The number of nitrogens with one attached hydrogen (secondary N) is 1. The number of rotatable bonds is 5. The van der Waals surface area contributed by atoms with Crippen LogP contribution in [0, 0.1) is 20.8 Å². The van der Waals surface area contributed by atoms with Crippen molar-refractivity contribution in [2.75, 3.05) is 0 Å². The molecule has 0 atom stereocenters. The predicted molar refractivity (Wildman–Crippen MR) is 101 cm³/mol. The van der Waals surface area contributed by atoms with E-state index in [0.717, 1.165) is 23.4 Å². The summed E-state index contributed by atoms with van der Waals surface area (Å²) < 4.78 is 1.74. The van der Waals surface area contributed by atoms with Gasteiger partial charge in [-0.1, -0.05) is 29.8 Å². The molecule has 3 aromatic rings. The Morgan fingerprint density at radius 1 is 1.12 bits per heavy atom. The molecule has 0 bridgehead atoms. The first-order valence-electron chi connectivity index (χ1n) is 8.90. The third-order valence-electron chi connectivity index (χ3n) is 4.36. The highest BCUT2D eigenvalue weighted by Crippen LogP contribution is 2.18. The van der Waals surface area contributed by atoms with E-state index in [1.54, 1.807) is 4.52 Å². The molecule has 0 unspecified atom stereocenters. The first-order chi connectivity index (χ1) is 12.3. The molecular weight excluding hydrogens is 326 g/mol. The van der Waals surface area contributed by atoms with Gasteiger partial charge in [-0.3, -0.25) is 4.79 Å². The van der Waals surface area contributed by atoms with Crippen molar-refractivity contribution in [1.29, 1.82) is 0 Å². The third-order valence-corrected chi connectivity index (χ3v) is 4.36. The summed E-state index contributed by atoms with van der Waals surface area (Å²) in [6.45, 7) is 9.97. The van der Waals surface area contributed by atoms with E-state index >= 15 is 0 Å². The topological polar surface area (TPSA) is 72.2 Å². The van der Waals surface area contributed by atoms with Crippen LogP contribution in [0.3, 0.4) is 0 Å². The smallest absolute Gasteiger partial charge is 0.252 e. The molecule has 1 amide bonds. The summed E-state index contributed by atoms with van der Waals surface area (Å²) in [6.07, 6.45) is 0.956. The van der Waals surface area contributed by atoms with Crippen LogP contribution in [0.15, 0.2) is 24.3 Å². The number of aromatic nitrogens is 4. The second kappa shape index (κ2) is 7.23. The number of amides is 1. The van der Waals surface area contributed by atoms with Crippen LogP contribution in [-0.4, -0.2) is 31.5 Å². The van der Waals surface area contributed by atoms with Crippen molar-refractivity contribution in [2.45, 2.75) is 53.5 Å². The fourth-order valence-corrected chi connectivity index (χ4v) is 3.01. The number of aryl methyl sites for hydroxylation is 3. The maximum Gasteiger partial charge on any atom is 0.252 e. The predicted octanol–water partition coefficient (Wildman–Crippen LogP) is 2.71. The third kappa shape index (κ3) is 3.90. The Bertz CT molecular complexity index is 941. The second-order valence-corrected chi connectivity index (χ2v) is 7.06. The molecule has 1 aromatic carbocycles. The minimum Gasteiger partial charge on any atom is -0.354 e. The lowest BCUT2D eigenvalue weighted by molar-refractivity contribution is -0.121. The van der Waals surface area contributed by atoms with Crippen molar-refractivity contribution in [2.24, 2.45) is 0 Å². The van der Waals surface area contributed by atoms with Gasteiger partial charge >= 0.3 is 0 Å². The maximum atomic E-state index is 12.0. The molecule has 2 heterocycles. The van der Waals surface area contributed by atoms with Crippen molar-refractivity contribution < 1.29 is 4.79 Å². The van der Waals surface area contributed by atoms with Crippen molar-refractivity contribution in [3.05, 3.63) is 58.2 Å². The fourth-order valence-electron chi connectivity index (χ4n) is 3.01. The van der Waals surface area contributed by atoms with E-state index < -0.39 is 0 Å². The van der Waals surface area contributed by atoms with E-state index in [9.17, 15) is 4.79 Å². The molecule has 0 spiro atoms. The summed E-state index contributed by atoms with van der Waals surface area (Å²) in [6, 6.07) is 8.62. The lowest BCUT2D eigenvalue weighted by Gasteiger charge is -2.10. The summed E-state index contributed by atoms with van der Waals surface area (Å²) in [4.78, 5) is 21.0. The Morgan fingerprint density at radius 3 is 2.46 bits per heavy atom. The molecule has 2 aromatic heterocycles. The zero-order valence-corrected chi connectivity index (χ0v) is 16.0. The lowest BCUT2D eigenvalue weighted by atomic mass is 10.0. The molecule has 0 aliphatic heterocycles. The van der Waals surface area contributed by atoms with E-state index in [2.05, 4.69) is 51.6 Å². The van der Waals surface area contributed by atoms with E-state index in [1.165, 1.54) is 11.1 Å². The van der Waals surface area contributed by atoms with Crippen LogP contribution in [0.1, 0.15) is 47.8 Å². The lowest BCUT2D eigenvalue weighted by Crippen LogP contribution is -2.31. The van der Waals surface area contributed by atoms with Gasteiger partial charge < -0.3 is 5.32 Å². The standard InChI is InChI=1S/C20H25N5O/c1-12(2)21-19(26)11-18-23-20-22-14(4)17(15(5)25(20)24-18)10-16-8-6-13(3)7-9-16/h6-9,12H,10-11H2,1-5H3,(H,21,26). The molecule has 6 heteroatoms. The highest BCUT2D eigenvalue weighted by Gasteiger charge is 2.16. The summed E-state index contributed by atoms with van der Waals surface area (Å²) in [5, 5.41) is 7.36. The van der Waals surface area contributed by atoms with E-state index in [-0.39, 0.29) is 18.4 Å². The first-order valence-corrected chi connectivity index (χ1v) is 8.90. The van der Waals surface area contributed by atoms with E-state index in [4.69, 9.17) is 0 Å². The van der Waals surface area contributed by atoms with Gasteiger partial charge in [-0.15, -0.1) is 5.10 Å². The highest BCUT2D eigenvalue weighted by atomic mass is 16.1. The minimum absolute atomic E-state index is 0.0786. The number of carbonyl (C=O) groups is 1. The first kappa shape index (κ1) is 18.0. The van der Waals surface area contributed by atoms with Gasteiger partial charge in [-0.25, -0.2) is 9.50 Å². The average Bonchev–Trinajstić information content (AvgIpc) is 2.94. The van der Waals surface area contributed by atoms with Crippen molar-refractivity contribution >= 4 is 11.7 Å². The van der Waals surface area contributed by atoms with E-state index in [1.807, 2.05) is 27.7 Å². The molecular formula is C20H25N5O. The maximum absolute atomic E-state index is 12.0. The van der Waals surface area contributed by atoms with Crippen LogP contribution in [-0.2, 0) is 17.6 Å². The zero-order valence-electron chi connectivity index (χ0n) is 16.0. The largest absolute Gasteiger partial charge is 0.354 e. The Hall–Kier alpha value is -2.76. The molecule has 3 rings (SSSR count). The van der Waals surface area contributed by atoms with Crippen molar-refractivity contribution in [3.8, 4) is 0 Å². The number of carbonyl (C=O) groups excluding carboxylic acids is 1. The fraction of sp³-hybridized carbons (Fsp3) is 0.400. The van der Waals surface area contributed by atoms with Crippen molar-refractivity contribution in [1.82, 2.24) is 24.9 Å². The van der Waals surface area contributed by atoms with Gasteiger partial charge in [0.15, 0.2) is 5.82 Å². The van der Waals surface area contributed by atoms with E-state index in [0.29, 0.717) is 11.6 Å². The molecule has 26 heavy (non-hydrogen) atoms. The Kier molecular flexibility index (Phi) is 5.02. The van der Waals surface area contributed by atoms with Crippen LogP contribution in [0.25, 0.3) is 5.78 Å². The van der Waals surface area contributed by atoms with Gasteiger partial charge in [-0.2, -0.15) is 4.98 Å². The second-order valence-electron chi connectivity index (χ2n) is 7.06. The van der Waals surface area contributed by atoms with Crippen LogP contribution >= 0.6 is 0 Å². The number of benzene rings is 1. The summed E-state index contributed by atoms with van der Waals surface area (Å²) in [5.41, 5.74) is 5.58. The SMILES string of the molecule is Cc1ccc(Cc2c(C)nc3nc(CC(=O)NC(C)C)nn3c2C)cc1. The molecule has 0 saturated heterocycles. The minimum atomic E-state index is -0.0786. The average molecular weight is 351 g/mol. The van der Waals surface area contributed by atoms with Gasteiger partial charge in [0, 0.05) is 23.9 Å². The van der Waals surface area contributed by atoms with Crippen molar-refractivity contribution in [3.63, 3.8) is 0 Å². The Morgan fingerprint density at radius 2 is 1.81 bits per heavy atom. The normalized spacial score (nSPS) is 11.3. The molecule has 0 aliphatic carbocycles. The van der Waals surface area contributed by atoms with Crippen LogP contribution in [0.4, 0.5) is 0 Å². The molecule has 0 radical (unpaired) electrons. The number of hydrogen-bond donors (Lipinski definition) is 1. The number of fused-ring (bicyclic) bond motifs is 1. The molecule has 0 fully saturated rings. The van der Waals surface area contributed by atoms with Crippen LogP contribution < -0.4 is 5.32 Å². The molecule has 1 N–H and O–H groups in total. The summed E-state index contributed by atoms with van der Waals surface area (Å²) in [7, 11) is 0. The number of nitrogens with zero attached hydrogens (tertiary/aromatic N) is 4. The number of hydrogen-bond acceptors (Lipinski definition) is 4. The Balaban J connectivity index is 1.91. The quantitative estimate of drug-likeness (QED) is 0.767. The van der Waals surface area contributed by atoms with Crippen LogP contribution in [0.2, 0.25) is 0 Å². The van der Waals surface area contributed by atoms with Gasteiger partial charge in [0.2, 0.25) is 5.91 Å². The molecule has 0 saturated carbocycles. The Labute approximate surface area is 153 Å². The highest BCUT2D eigenvalue weighted by molar-refractivity contribution is 5.78. The summed E-state index contributed by atoms with van der Waals surface area (Å²) in [5.74, 6) is 0.954. The van der Waals surface area contributed by atoms with Gasteiger partial charge in [0.1, 0.15) is 0 Å². The zero-order chi connectivity index (χ0) is 18.8. The molecule has 136 valence electrons. The monoisotopic (exact) mass is 351 g/mol. The van der Waals surface area contributed by atoms with Gasteiger partial charge in [-0.05, 0) is 45.7 Å². The van der Waals surface area contributed by atoms with Gasteiger partial charge in [0.25, 0.3) is 5.78 Å².